The maximum atomic E-state index is 12.1. The van der Waals surface area contributed by atoms with Gasteiger partial charge in [0, 0.05) is 6.54 Å². The van der Waals surface area contributed by atoms with E-state index in [1.165, 1.54) is 5.56 Å². The summed E-state index contributed by atoms with van der Waals surface area (Å²) in [5.41, 5.74) is 2.84. The Morgan fingerprint density at radius 3 is 2.60 bits per heavy atom. The second-order valence-electron chi connectivity index (χ2n) is 5.10. The van der Waals surface area contributed by atoms with Crippen LogP contribution in [0, 0.1) is 0 Å². The van der Waals surface area contributed by atoms with Crippen LogP contribution in [0.4, 0.5) is 0 Å². The van der Waals surface area contributed by atoms with E-state index in [-0.39, 0.29) is 11.8 Å². The van der Waals surface area contributed by atoms with Gasteiger partial charge in [0.05, 0.1) is 24.0 Å². The van der Waals surface area contributed by atoms with Gasteiger partial charge in [-0.3, -0.25) is 9.48 Å². The highest BCUT2D eigenvalue weighted by atomic mass is 16.1. The fourth-order valence-corrected chi connectivity index (χ4v) is 2.32. The summed E-state index contributed by atoms with van der Waals surface area (Å²) in [6, 6.07) is 10.2. The second kappa shape index (κ2) is 6.37. The van der Waals surface area contributed by atoms with Crippen LogP contribution < -0.4 is 5.32 Å². The Hall–Kier alpha value is -2.10. The molecule has 0 unspecified atom stereocenters. The van der Waals surface area contributed by atoms with Gasteiger partial charge in [-0.15, -0.1) is 0 Å². The SMILES string of the molecule is CCNC(=O)c1cnn(Cc2ccccc2)c1C(C)C. The quantitative estimate of drug-likeness (QED) is 0.909. The Labute approximate surface area is 119 Å². The number of benzene rings is 1. The lowest BCUT2D eigenvalue weighted by atomic mass is 10.0. The lowest BCUT2D eigenvalue weighted by molar-refractivity contribution is 0.0954. The van der Waals surface area contributed by atoms with Crippen molar-refractivity contribution in [3.8, 4) is 0 Å². The Morgan fingerprint density at radius 1 is 1.30 bits per heavy atom. The number of hydrogen-bond donors (Lipinski definition) is 1. The van der Waals surface area contributed by atoms with Gasteiger partial charge in [-0.1, -0.05) is 44.2 Å². The number of carbonyl (C=O) groups excluding carboxylic acids is 1. The number of nitrogens with zero attached hydrogens (tertiary/aromatic N) is 2. The van der Waals surface area contributed by atoms with Crippen LogP contribution in [0.25, 0.3) is 0 Å². The van der Waals surface area contributed by atoms with E-state index in [1.54, 1.807) is 6.20 Å². The zero-order valence-corrected chi connectivity index (χ0v) is 12.3. The number of aromatic nitrogens is 2. The van der Waals surface area contributed by atoms with Crippen LogP contribution in [-0.2, 0) is 6.54 Å². The summed E-state index contributed by atoms with van der Waals surface area (Å²) in [7, 11) is 0. The van der Waals surface area contributed by atoms with Crippen LogP contribution in [0.1, 0.15) is 48.3 Å². The zero-order chi connectivity index (χ0) is 14.5. The van der Waals surface area contributed by atoms with Crippen molar-refractivity contribution in [1.82, 2.24) is 15.1 Å². The molecule has 2 aromatic rings. The van der Waals surface area contributed by atoms with Gasteiger partial charge in [0.15, 0.2) is 0 Å². The molecule has 106 valence electrons. The van der Waals surface area contributed by atoms with E-state index in [4.69, 9.17) is 0 Å². The maximum absolute atomic E-state index is 12.1. The average molecular weight is 271 g/mol. The van der Waals surface area contributed by atoms with Crippen LogP contribution in [0.3, 0.4) is 0 Å². The van der Waals surface area contributed by atoms with E-state index in [0.717, 1.165) is 5.69 Å². The molecule has 2 rings (SSSR count). The van der Waals surface area contributed by atoms with Crippen molar-refractivity contribution in [2.24, 2.45) is 0 Å². The van der Waals surface area contributed by atoms with Gasteiger partial charge < -0.3 is 5.32 Å². The molecule has 1 aromatic carbocycles. The maximum Gasteiger partial charge on any atom is 0.254 e. The van der Waals surface area contributed by atoms with Crippen molar-refractivity contribution < 1.29 is 4.79 Å². The molecule has 1 N–H and O–H groups in total. The van der Waals surface area contributed by atoms with E-state index in [9.17, 15) is 4.79 Å². The van der Waals surface area contributed by atoms with Gasteiger partial charge in [0.2, 0.25) is 0 Å². The van der Waals surface area contributed by atoms with Gasteiger partial charge in [0.25, 0.3) is 5.91 Å². The summed E-state index contributed by atoms with van der Waals surface area (Å²) in [5.74, 6) is 0.203. The first-order chi connectivity index (χ1) is 9.63. The van der Waals surface area contributed by atoms with E-state index in [2.05, 4.69) is 36.4 Å². The highest BCUT2D eigenvalue weighted by Crippen LogP contribution is 2.20. The average Bonchev–Trinajstić information content (AvgIpc) is 2.84. The lowest BCUT2D eigenvalue weighted by Gasteiger charge is -2.12. The number of hydrogen-bond acceptors (Lipinski definition) is 2. The zero-order valence-electron chi connectivity index (χ0n) is 12.3. The second-order valence-corrected chi connectivity index (χ2v) is 5.10. The molecule has 4 heteroatoms. The standard InChI is InChI=1S/C16H21N3O/c1-4-17-16(20)14-10-18-19(15(14)12(2)3)11-13-8-6-5-7-9-13/h5-10,12H,4,11H2,1-3H3,(H,17,20). The molecule has 4 nitrogen and oxygen atoms in total. The smallest absolute Gasteiger partial charge is 0.254 e. The molecule has 20 heavy (non-hydrogen) atoms. The van der Waals surface area contributed by atoms with Gasteiger partial charge >= 0.3 is 0 Å². The van der Waals surface area contributed by atoms with Crippen molar-refractivity contribution in [3.05, 3.63) is 53.3 Å². The third kappa shape index (κ3) is 3.07. The van der Waals surface area contributed by atoms with E-state index >= 15 is 0 Å². The predicted molar refractivity (Wildman–Crippen MR) is 79.9 cm³/mol. The molecule has 1 amide bonds. The first kappa shape index (κ1) is 14.3. The summed E-state index contributed by atoms with van der Waals surface area (Å²) in [6.07, 6.45) is 1.67. The largest absolute Gasteiger partial charge is 0.352 e. The molecule has 0 aliphatic rings. The lowest BCUT2D eigenvalue weighted by Crippen LogP contribution is -2.24. The normalized spacial score (nSPS) is 10.8. The van der Waals surface area contributed by atoms with Crippen molar-refractivity contribution in [2.45, 2.75) is 33.2 Å². The summed E-state index contributed by atoms with van der Waals surface area (Å²) in [6.45, 7) is 7.40. The van der Waals surface area contributed by atoms with Gasteiger partial charge in [-0.25, -0.2) is 0 Å². The molecule has 0 radical (unpaired) electrons. The molecular weight excluding hydrogens is 250 g/mol. The molecule has 1 aromatic heterocycles. The Morgan fingerprint density at radius 2 is 2.00 bits per heavy atom. The molecule has 0 aliphatic carbocycles. The number of carbonyl (C=O) groups is 1. The molecule has 0 saturated carbocycles. The molecule has 1 heterocycles. The van der Waals surface area contributed by atoms with Crippen LogP contribution in [0.5, 0.6) is 0 Å². The van der Waals surface area contributed by atoms with E-state index < -0.39 is 0 Å². The van der Waals surface area contributed by atoms with Crippen molar-refractivity contribution in [3.63, 3.8) is 0 Å². The summed E-state index contributed by atoms with van der Waals surface area (Å²) in [4.78, 5) is 12.1. The van der Waals surface area contributed by atoms with E-state index in [0.29, 0.717) is 18.7 Å². The third-order valence-corrected chi connectivity index (χ3v) is 3.18. The minimum Gasteiger partial charge on any atom is -0.352 e. The number of rotatable bonds is 5. The number of nitrogens with one attached hydrogen (secondary N) is 1. The molecule has 0 aliphatic heterocycles. The fourth-order valence-electron chi connectivity index (χ4n) is 2.32. The minimum absolute atomic E-state index is 0.0458. The van der Waals surface area contributed by atoms with Gasteiger partial charge in [0.1, 0.15) is 0 Å². The molecule has 0 saturated heterocycles. The first-order valence-corrected chi connectivity index (χ1v) is 7.01. The third-order valence-electron chi connectivity index (χ3n) is 3.18. The van der Waals surface area contributed by atoms with Gasteiger partial charge in [-0.05, 0) is 18.4 Å². The highest BCUT2D eigenvalue weighted by Gasteiger charge is 2.19. The highest BCUT2D eigenvalue weighted by molar-refractivity contribution is 5.95. The summed E-state index contributed by atoms with van der Waals surface area (Å²) >= 11 is 0. The van der Waals surface area contributed by atoms with Crippen LogP contribution in [0.15, 0.2) is 36.5 Å². The molecule has 0 bridgehead atoms. The van der Waals surface area contributed by atoms with Crippen LogP contribution >= 0.6 is 0 Å². The van der Waals surface area contributed by atoms with Crippen molar-refractivity contribution in [2.75, 3.05) is 6.54 Å². The predicted octanol–water partition coefficient (Wildman–Crippen LogP) is 2.80. The van der Waals surface area contributed by atoms with Crippen LogP contribution in [0.2, 0.25) is 0 Å². The van der Waals surface area contributed by atoms with Gasteiger partial charge in [-0.2, -0.15) is 5.10 Å². The summed E-state index contributed by atoms with van der Waals surface area (Å²) in [5, 5.41) is 7.23. The Bertz CT molecular complexity index is 573. The molecule has 0 fully saturated rings. The molecular formula is C16H21N3O. The Kier molecular flexibility index (Phi) is 4.56. The first-order valence-electron chi connectivity index (χ1n) is 7.01. The summed E-state index contributed by atoms with van der Waals surface area (Å²) < 4.78 is 1.92. The number of amides is 1. The van der Waals surface area contributed by atoms with Crippen molar-refractivity contribution in [1.29, 1.82) is 0 Å². The molecule has 0 atom stereocenters. The minimum atomic E-state index is -0.0458. The van der Waals surface area contributed by atoms with Crippen LogP contribution in [-0.4, -0.2) is 22.2 Å². The Balaban J connectivity index is 2.32. The van der Waals surface area contributed by atoms with Crippen molar-refractivity contribution >= 4 is 5.91 Å². The fraction of sp³-hybridized carbons (Fsp3) is 0.375. The van der Waals surface area contributed by atoms with E-state index in [1.807, 2.05) is 29.8 Å². The topological polar surface area (TPSA) is 46.9 Å². The molecule has 0 spiro atoms. The monoisotopic (exact) mass is 271 g/mol.